The molecule has 2 aromatic rings. The van der Waals surface area contributed by atoms with Crippen LogP contribution in [-0.4, -0.2) is 12.7 Å². The van der Waals surface area contributed by atoms with Gasteiger partial charge < -0.3 is 14.8 Å². The molecule has 4 heteroatoms. The molecule has 1 heterocycles. The molecular weight excluding hydrogens is 302 g/mol. The molecule has 0 fully saturated rings. The third-order valence-electron chi connectivity index (χ3n) is 4.21. The van der Waals surface area contributed by atoms with E-state index in [-0.39, 0.29) is 18.7 Å². The van der Waals surface area contributed by atoms with Crippen LogP contribution in [0.25, 0.3) is 6.08 Å². The highest BCUT2D eigenvalue weighted by Gasteiger charge is 2.12. The lowest BCUT2D eigenvalue weighted by molar-refractivity contribution is -0.117. The Morgan fingerprint density at radius 3 is 2.67 bits per heavy atom. The van der Waals surface area contributed by atoms with E-state index in [1.807, 2.05) is 25.1 Å². The number of hydrogen-bond acceptors (Lipinski definition) is 3. The summed E-state index contributed by atoms with van der Waals surface area (Å²) < 4.78 is 10.6. The van der Waals surface area contributed by atoms with Crippen LogP contribution in [0, 0.1) is 13.8 Å². The SMILES string of the molecule is Cc1ccc(C(C)NC(=O)/C=C/c2ccc3c(c2)OCO3)cc1C. The zero-order valence-electron chi connectivity index (χ0n) is 14.1. The van der Waals surface area contributed by atoms with Crippen LogP contribution in [0.2, 0.25) is 0 Å². The fourth-order valence-corrected chi connectivity index (χ4v) is 2.57. The molecule has 0 saturated heterocycles. The molecule has 0 saturated carbocycles. The van der Waals surface area contributed by atoms with E-state index in [9.17, 15) is 4.79 Å². The number of rotatable bonds is 4. The quantitative estimate of drug-likeness (QED) is 0.868. The van der Waals surface area contributed by atoms with E-state index in [2.05, 4.69) is 37.4 Å². The van der Waals surface area contributed by atoms with E-state index in [0.717, 1.165) is 16.9 Å². The molecule has 0 spiro atoms. The van der Waals surface area contributed by atoms with Crippen LogP contribution in [0.5, 0.6) is 11.5 Å². The second-order valence-electron chi connectivity index (χ2n) is 6.02. The Kier molecular flexibility index (Phi) is 4.56. The summed E-state index contributed by atoms with van der Waals surface area (Å²) in [6, 6.07) is 11.8. The first-order valence-electron chi connectivity index (χ1n) is 7.98. The molecule has 124 valence electrons. The lowest BCUT2D eigenvalue weighted by atomic mass is 10.0. The molecule has 1 atom stereocenters. The summed E-state index contributed by atoms with van der Waals surface area (Å²) >= 11 is 0. The number of carbonyl (C=O) groups is 1. The van der Waals surface area contributed by atoms with Gasteiger partial charge in [0.15, 0.2) is 11.5 Å². The zero-order valence-corrected chi connectivity index (χ0v) is 14.1. The highest BCUT2D eigenvalue weighted by Crippen LogP contribution is 2.32. The second-order valence-corrected chi connectivity index (χ2v) is 6.02. The first kappa shape index (κ1) is 16.1. The predicted molar refractivity (Wildman–Crippen MR) is 94.1 cm³/mol. The maximum Gasteiger partial charge on any atom is 0.244 e. The number of nitrogens with one attached hydrogen (secondary N) is 1. The number of ether oxygens (including phenoxy) is 2. The van der Waals surface area contributed by atoms with Crippen LogP contribution in [0.15, 0.2) is 42.5 Å². The maximum atomic E-state index is 12.1. The minimum Gasteiger partial charge on any atom is -0.454 e. The molecule has 1 amide bonds. The van der Waals surface area contributed by atoms with Crippen molar-refractivity contribution >= 4 is 12.0 Å². The molecule has 0 radical (unpaired) electrons. The standard InChI is InChI=1S/C20H21NO3/c1-13-4-7-17(10-14(13)2)15(3)21-20(22)9-6-16-5-8-18-19(11-16)24-12-23-18/h4-11,15H,12H2,1-3H3,(H,21,22)/b9-6+. The molecule has 0 bridgehead atoms. The van der Waals surface area contributed by atoms with E-state index < -0.39 is 0 Å². The zero-order chi connectivity index (χ0) is 17.1. The van der Waals surface area contributed by atoms with Gasteiger partial charge in [-0.3, -0.25) is 4.79 Å². The van der Waals surface area contributed by atoms with Crippen molar-refractivity contribution in [1.82, 2.24) is 5.32 Å². The van der Waals surface area contributed by atoms with Gasteiger partial charge in [0.1, 0.15) is 0 Å². The van der Waals surface area contributed by atoms with Crippen molar-refractivity contribution in [1.29, 1.82) is 0 Å². The Hall–Kier alpha value is -2.75. The third-order valence-corrected chi connectivity index (χ3v) is 4.21. The van der Waals surface area contributed by atoms with Crippen LogP contribution in [0.1, 0.15) is 35.2 Å². The number of amides is 1. The molecule has 24 heavy (non-hydrogen) atoms. The fraction of sp³-hybridized carbons (Fsp3) is 0.250. The maximum absolute atomic E-state index is 12.1. The van der Waals surface area contributed by atoms with Crippen molar-refractivity contribution in [2.45, 2.75) is 26.8 Å². The summed E-state index contributed by atoms with van der Waals surface area (Å²) in [5, 5.41) is 2.98. The van der Waals surface area contributed by atoms with Gasteiger partial charge in [-0.15, -0.1) is 0 Å². The summed E-state index contributed by atoms with van der Waals surface area (Å²) in [7, 11) is 0. The molecular formula is C20H21NO3. The highest BCUT2D eigenvalue weighted by atomic mass is 16.7. The predicted octanol–water partition coefficient (Wildman–Crippen LogP) is 3.92. The van der Waals surface area contributed by atoms with Crippen molar-refractivity contribution in [2.24, 2.45) is 0 Å². The Bertz CT molecular complexity index is 795. The van der Waals surface area contributed by atoms with Crippen LogP contribution >= 0.6 is 0 Å². The number of aryl methyl sites for hydroxylation is 2. The van der Waals surface area contributed by atoms with E-state index in [0.29, 0.717) is 5.75 Å². The monoisotopic (exact) mass is 323 g/mol. The summed E-state index contributed by atoms with van der Waals surface area (Å²) in [5.74, 6) is 1.32. The number of benzene rings is 2. The first-order valence-corrected chi connectivity index (χ1v) is 7.98. The summed E-state index contributed by atoms with van der Waals surface area (Å²) in [6.07, 6.45) is 3.31. The van der Waals surface area contributed by atoms with E-state index in [1.165, 1.54) is 17.2 Å². The molecule has 1 aliphatic heterocycles. The van der Waals surface area contributed by atoms with Crippen molar-refractivity contribution in [3.05, 3.63) is 64.7 Å². The van der Waals surface area contributed by atoms with Gasteiger partial charge >= 0.3 is 0 Å². The van der Waals surface area contributed by atoms with Crippen LogP contribution < -0.4 is 14.8 Å². The van der Waals surface area contributed by atoms with Crippen LogP contribution in [0.4, 0.5) is 0 Å². The van der Waals surface area contributed by atoms with Crippen molar-refractivity contribution < 1.29 is 14.3 Å². The smallest absolute Gasteiger partial charge is 0.244 e. The molecule has 1 aliphatic rings. The summed E-state index contributed by atoms with van der Waals surface area (Å²) in [4.78, 5) is 12.1. The molecule has 3 rings (SSSR count). The average molecular weight is 323 g/mol. The van der Waals surface area contributed by atoms with Gasteiger partial charge in [-0.05, 0) is 61.2 Å². The molecule has 4 nitrogen and oxygen atoms in total. The molecule has 0 aromatic heterocycles. The topological polar surface area (TPSA) is 47.6 Å². The van der Waals surface area contributed by atoms with Gasteiger partial charge in [-0.1, -0.05) is 24.3 Å². The Morgan fingerprint density at radius 1 is 1.08 bits per heavy atom. The van der Waals surface area contributed by atoms with Crippen molar-refractivity contribution in [2.75, 3.05) is 6.79 Å². The normalized spacial score (nSPS) is 14.0. The second kappa shape index (κ2) is 6.79. The van der Waals surface area contributed by atoms with Gasteiger partial charge in [0.05, 0.1) is 6.04 Å². The Balaban J connectivity index is 1.63. The summed E-state index contributed by atoms with van der Waals surface area (Å²) in [6.45, 7) is 6.39. The highest BCUT2D eigenvalue weighted by molar-refractivity contribution is 5.92. The fourth-order valence-electron chi connectivity index (χ4n) is 2.57. The van der Waals surface area contributed by atoms with Gasteiger partial charge in [-0.25, -0.2) is 0 Å². The van der Waals surface area contributed by atoms with Crippen LogP contribution in [-0.2, 0) is 4.79 Å². The third kappa shape index (κ3) is 3.59. The minimum atomic E-state index is -0.126. The number of fused-ring (bicyclic) bond motifs is 1. The minimum absolute atomic E-state index is 0.0433. The van der Waals surface area contributed by atoms with Gasteiger partial charge in [-0.2, -0.15) is 0 Å². The average Bonchev–Trinajstić information content (AvgIpc) is 3.03. The molecule has 0 aliphatic carbocycles. The van der Waals surface area contributed by atoms with Gasteiger partial charge in [0.25, 0.3) is 0 Å². The van der Waals surface area contributed by atoms with Crippen molar-refractivity contribution in [3.63, 3.8) is 0 Å². The van der Waals surface area contributed by atoms with E-state index >= 15 is 0 Å². The lowest BCUT2D eigenvalue weighted by Crippen LogP contribution is -2.24. The Labute approximate surface area is 142 Å². The lowest BCUT2D eigenvalue weighted by Gasteiger charge is -2.14. The largest absolute Gasteiger partial charge is 0.454 e. The molecule has 2 aromatic carbocycles. The van der Waals surface area contributed by atoms with Crippen LogP contribution in [0.3, 0.4) is 0 Å². The van der Waals surface area contributed by atoms with Crippen molar-refractivity contribution in [3.8, 4) is 11.5 Å². The van der Waals surface area contributed by atoms with E-state index in [4.69, 9.17) is 9.47 Å². The first-order chi connectivity index (χ1) is 11.5. The van der Waals surface area contributed by atoms with Gasteiger partial charge in [0, 0.05) is 6.08 Å². The van der Waals surface area contributed by atoms with E-state index in [1.54, 1.807) is 6.08 Å². The van der Waals surface area contributed by atoms with Gasteiger partial charge in [0.2, 0.25) is 12.7 Å². The number of hydrogen-bond donors (Lipinski definition) is 1. The summed E-state index contributed by atoms with van der Waals surface area (Å²) in [5.41, 5.74) is 4.47. The Morgan fingerprint density at radius 2 is 1.88 bits per heavy atom. The molecule has 1 N–H and O–H groups in total. The molecule has 1 unspecified atom stereocenters. The number of carbonyl (C=O) groups excluding carboxylic acids is 1.